The summed E-state index contributed by atoms with van der Waals surface area (Å²) in [4.78, 5) is 3.67. The highest BCUT2D eigenvalue weighted by molar-refractivity contribution is 5.87. The van der Waals surface area contributed by atoms with E-state index >= 15 is 0 Å². The predicted molar refractivity (Wildman–Crippen MR) is 61.8 cm³/mol. The minimum Gasteiger partial charge on any atom is -0.354 e. The molecular formula is C12H9F2N3. The molecule has 0 spiro atoms. The maximum atomic E-state index is 13.4. The monoisotopic (exact) mass is 233 g/mol. The number of benzene rings is 1. The molecule has 0 aliphatic heterocycles. The summed E-state index contributed by atoms with van der Waals surface area (Å²) in [6.07, 6.45) is 3.40. The fraction of sp³-hybridized carbons (Fsp3) is 0. The van der Waals surface area contributed by atoms with Crippen molar-refractivity contribution in [3.8, 4) is 0 Å². The number of rotatable bonds is 3. The van der Waals surface area contributed by atoms with Gasteiger partial charge in [0.1, 0.15) is 11.6 Å². The molecule has 0 unspecified atom stereocenters. The fourth-order valence-electron chi connectivity index (χ4n) is 1.43. The molecule has 0 atom stereocenters. The molecule has 2 rings (SSSR count). The Morgan fingerprint density at radius 1 is 1.24 bits per heavy atom. The van der Waals surface area contributed by atoms with Crippen LogP contribution in [0.3, 0.4) is 0 Å². The molecule has 3 nitrogen and oxygen atoms in total. The molecule has 0 bridgehead atoms. The molecule has 2 aromatic rings. The van der Waals surface area contributed by atoms with E-state index in [0.29, 0.717) is 11.4 Å². The summed E-state index contributed by atoms with van der Waals surface area (Å²) in [5, 5.41) is 9.95. The topological polar surface area (TPSA) is 48.8 Å². The van der Waals surface area contributed by atoms with Gasteiger partial charge in [-0.05, 0) is 12.1 Å². The average molecular weight is 233 g/mol. The van der Waals surface area contributed by atoms with Gasteiger partial charge in [-0.25, -0.2) is 8.78 Å². The lowest BCUT2D eigenvalue weighted by molar-refractivity contribution is 0.622. The van der Waals surface area contributed by atoms with Crippen molar-refractivity contribution in [2.24, 2.45) is 0 Å². The van der Waals surface area contributed by atoms with Gasteiger partial charge in [0.15, 0.2) is 0 Å². The molecule has 0 fully saturated rings. The number of nitrogens with zero attached hydrogens (tertiary/aromatic N) is 1. The zero-order valence-electron chi connectivity index (χ0n) is 8.74. The standard InChI is InChI=1S/C12H9F2N3/c13-8-4-9(7-16-6-8)17-12-3-1-2-11(14)10(12)5-15/h1-7,15,17H. The van der Waals surface area contributed by atoms with Gasteiger partial charge in [-0.1, -0.05) is 6.07 Å². The number of hydrogen-bond acceptors (Lipinski definition) is 3. The van der Waals surface area contributed by atoms with E-state index < -0.39 is 11.6 Å². The second kappa shape index (κ2) is 4.69. The van der Waals surface area contributed by atoms with Crippen LogP contribution in [0.25, 0.3) is 0 Å². The third-order valence-corrected chi connectivity index (χ3v) is 2.18. The molecule has 0 amide bonds. The van der Waals surface area contributed by atoms with Crippen molar-refractivity contribution in [1.82, 2.24) is 4.98 Å². The molecule has 0 radical (unpaired) electrons. The van der Waals surface area contributed by atoms with Gasteiger partial charge in [-0.3, -0.25) is 4.98 Å². The smallest absolute Gasteiger partial charge is 0.143 e. The number of halogens is 2. The van der Waals surface area contributed by atoms with Crippen molar-refractivity contribution in [3.05, 3.63) is 53.9 Å². The van der Waals surface area contributed by atoms with E-state index in [0.717, 1.165) is 12.4 Å². The Hall–Kier alpha value is -2.30. The third-order valence-electron chi connectivity index (χ3n) is 2.18. The lowest BCUT2D eigenvalue weighted by Crippen LogP contribution is -1.98. The van der Waals surface area contributed by atoms with Crippen molar-refractivity contribution in [1.29, 1.82) is 5.41 Å². The van der Waals surface area contributed by atoms with Gasteiger partial charge in [-0.15, -0.1) is 0 Å². The molecule has 0 saturated carbocycles. The Bertz CT molecular complexity index is 555. The molecule has 86 valence electrons. The van der Waals surface area contributed by atoms with Crippen LogP contribution >= 0.6 is 0 Å². The van der Waals surface area contributed by atoms with Crippen molar-refractivity contribution < 1.29 is 8.78 Å². The Morgan fingerprint density at radius 2 is 2.06 bits per heavy atom. The summed E-state index contributed by atoms with van der Waals surface area (Å²) in [5.41, 5.74) is 0.919. The van der Waals surface area contributed by atoms with Crippen LogP contribution in [-0.4, -0.2) is 11.2 Å². The van der Waals surface area contributed by atoms with Gasteiger partial charge in [0, 0.05) is 12.3 Å². The van der Waals surface area contributed by atoms with Crippen molar-refractivity contribution >= 4 is 17.6 Å². The van der Waals surface area contributed by atoms with Crippen LogP contribution in [0.1, 0.15) is 5.56 Å². The zero-order chi connectivity index (χ0) is 12.3. The Kier molecular flexibility index (Phi) is 3.09. The normalized spacial score (nSPS) is 10.0. The first-order chi connectivity index (χ1) is 8.20. The lowest BCUT2D eigenvalue weighted by Gasteiger charge is -2.09. The minimum absolute atomic E-state index is 0.122. The molecule has 0 aliphatic rings. The van der Waals surface area contributed by atoms with E-state index in [9.17, 15) is 8.78 Å². The first-order valence-electron chi connectivity index (χ1n) is 4.87. The molecule has 1 aromatic heterocycles. The van der Waals surface area contributed by atoms with E-state index in [1.807, 2.05) is 0 Å². The summed E-state index contributed by atoms with van der Waals surface area (Å²) in [5.74, 6) is -0.989. The quantitative estimate of drug-likeness (QED) is 0.800. The molecule has 0 saturated heterocycles. The molecular weight excluding hydrogens is 224 g/mol. The number of hydrogen-bond donors (Lipinski definition) is 2. The van der Waals surface area contributed by atoms with Gasteiger partial charge in [0.25, 0.3) is 0 Å². The van der Waals surface area contributed by atoms with Gasteiger partial charge in [0.05, 0.1) is 29.3 Å². The molecule has 0 aliphatic carbocycles. The maximum absolute atomic E-state index is 13.4. The molecule has 5 heteroatoms. The van der Waals surface area contributed by atoms with Crippen LogP contribution < -0.4 is 5.32 Å². The van der Waals surface area contributed by atoms with Crippen molar-refractivity contribution in [3.63, 3.8) is 0 Å². The van der Waals surface area contributed by atoms with E-state index in [2.05, 4.69) is 10.3 Å². The van der Waals surface area contributed by atoms with Crippen molar-refractivity contribution in [2.45, 2.75) is 0 Å². The van der Waals surface area contributed by atoms with Crippen LogP contribution in [0, 0.1) is 17.0 Å². The SMILES string of the molecule is N=Cc1c(F)cccc1Nc1cncc(F)c1. The zero-order valence-corrected chi connectivity index (χ0v) is 8.74. The lowest BCUT2D eigenvalue weighted by atomic mass is 10.1. The Labute approximate surface area is 96.6 Å². The highest BCUT2D eigenvalue weighted by atomic mass is 19.1. The minimum atomic E-state index is -0.505. The molecule has 2 N–H and O–H groups in total. The van der Waals surface area contributed by atoms with Gasteiger partial charge < -0.3 is 10.7 Å². The number of anilines is 2. The average Bonchev–Trinajstić information content (AvgIpc) is 2.29. The van der Waals surface area contributed by atoms with Gasteiger partial charge >= 0.3 is 0 Å². The number of aromatic nitrogens is 1. The Morgan fingerprint density at radius 3 is 2.76 bits per heavy atom. The highest BCUT2D eigenvalue weighted by Crippen LogP contribution is 2.21. The van der Waals surface area contributed by atoms with E-state index in [1.54, 1.807) is 6.07 Å². The molecule has 1 heterocycles. The second-order valence-electron chi connectivity index (χ2n) is 3.36. The van der Waals surface area contributed by atoms with E-state index in [1.165, 1.54) is 24.4 Å². The van der Waals surface area contributed by atoms with Crippen LogP contribution in [0.4, 0.5) is 20.2 Å². The summed E-state index contributed by atoms with van der Waals surface area (Å²) < 4.78 is 26.3. The van der Waals surface area contributed by atoms with E-state index in [4.69, 9.17) is 5.41 Å². The van der Waals surface area contributed by atoms with Crippen LogP contribution in [0.15, 0.2) is 36.7 Å². The van der Waals surface area contributed by atoms with Crippen LogP contribution in [0.2, 0.25) is 0 Å². The summed E-state index contributed by atoms with van der Waals surface area (Å²) in [6, 6.07) is 5.62. The van der Waals surface area contributed by atoms with Gasteiger partial charge in [0.2, 0.25) is 0 Å². The highest BCUT2D eigenvalue weighted by Gasteiger charge is 2.06. The number of nitrogens with one attached hydrogen (secondary N) is 2. The van der Waals surface area contributed by atoms with Crippen molar-refractivity contribution in [2.75, 3.05) is 5.32 Å². The van der Waals surface area contributed by atoms with Crippen LogP contribution in [0.5, 0.6) is 0 Å². The summed E-state index contributed by atoms with van der Waals surface area (Å²) >= 11 is 0. The maximum Gasteiger partial charge on any atom is 0.143 e. The third kappa shape index (κ3) is 2.44. The summed E-state index contributed by atoms with van der Waals surface area (Å²) in [6.45, 7) is 0. The Balaban J connectivity index is 2.36. The molecule has 17 heavy (non-hydrogen) atoms. The molecule has 1 aromatic carbocycles. The van der Waals surface area contributed by atoms with Crippen LogP contribution in [-0.2, 0) is 0 Å². The van der Waals surface area contributed by atoms with Gasteiger partial charge in [-0.2, -0.15) is 0 Å². The predicted octanol–water partition coefficient (Wildman–Crippen LogP) is 3.10. The second-order valence-corrected chi connectivity index (χ2v) is 3.36. The van der Waals surface area contributed by atoms with E-state index in [-0.39, 0.29) is 5.56 Å². The first-order valence-corrected chi connectivity index (χ1v) is 4.87. The largest absolute Gasteiger partial charge is 0.354 e. The first kappa shape index (κ1) is 11.2. The summed E-state index contributed by atoms with van der Waals surface area (Å²) in [7, 11) is 0. The number of pyridine rings is 1. The fourth-order valence-corrected chi connectivity index (χ4v) is 1.43.